The first-order valence-electron chi connectivity index (χ1n) is 21.3. The van der Waals surface area contributed by atoms with Gasteiger partial charge in [-0.25, -0.2) is 0 Å². The zero-order valence-electron chi connectivity index (χ0n) is 36.6. The van der Waals surface area contributed by atoms with Crippen molar-refractivity contribution in [1.29, 1.82) is 0 Å². The third-order valence-corrected chi connectivity index (χ3v) is 11.1. The van der Waals surface area contributed by atoms with Crippen LogP contribution in [0.2, 0.25) is 0 Å². The molecule has 0 aromatic carbocycles. The number of allylic oxidation sites excluding steroid dienone is 21. The molecule has 0 N–H and O–H groups in total. The first-order chi connectivity index (χ1) is 25.6. The molecule has 0 heterocycles. The molecular weight excluding hydrogens is 657 g/mol. The summed E-state index contributed by atoms with van der Waals surface area (Å²) in [5.74, 6) is -0.0240. The summed E-state index contributed by atoms with van der Waals surface area (Å²) in [4.78, 5) is 12.6. The Hall–Kier alpha value is -3.39. The molecule has 2 heteroatoms. The molecule has 0 aromatic rings. The minimum Gasteiger partial charge on any atom is -0.462 e. The second kappa shape index (κ2) is 24.9. The van der Waals surface area contributed by atoms with Crippen molar-refractivity contribution in [2.45, 2.75) is 179 Å². The van der Waals surface area contributed by atoms with Gasteiger partial charge in [-0.05, 0) is 95.6 Å². The van der Waals surface area contributed by atoms with Crippen molar-refractivity contribution in [3.8, 4) is 0 Å². The van der Waals surface area contributed by atoms with Crippen molar-refractivity contribution in [3.63, 3.8) is 0 Å². The number of ether oxygens (including phenoxy) is 1. The lowest BCUT2D eigenvalue weighted by Crippen LogP contribution is -2.31. The van der Waals surface area contributed by atoms with Gasteiger partial charge in [0.2, 0.25) is 0 Å². The summed E-state index contributed by atoms with van der Waals surface area (Å²) in [7, 11) is 0. The zero-order chi connectivity index (χ0) is 40.0. The average Bonchev–Trinajstić information content (AvgIpc) is 3.08. The van der Waals surface area contributed by atoms with Crippen LogP contribution >= 0.6 is 0 Å². The van der Waals surface area contributed by atoms with Crippen LogP contribution in [0.1, 0.15) is 172 Å². The molecule has 2 nitrogen and oxygen atoms in total. The van der Waals surface area contributed by atoms with Crippen LogP contribution in [0.3, 0.4) is 0 Å². The normalized spacial score (nSPS) is 20.6. The predicted octanol–water partition coefficient (Wildman–Crippen LogP) is 16.0. The first-order valence-corrected chi connectivity index (χ1v) is 21.3. The molecule has 0 aliphatic heterocycles. The summed E-state index contributed by atoms with van der Waals surface area (Å²) in [6.07, 6.45) is 47.8. The first kappa shape index (κ1) is 46.8. The van der Waals surface area contributed by atoms with Gasteiger partial charge in [-0.1, -0.05) is 204 Å². The Labute approximate surface area is 333 Å². The summed E-state index contributed by atoms with van der Waals surface area (Å²) in [6, 6.07) is 0. The van der Waals surface area contributed by atoms with Crippen molar-refractivity contribution in [3.05, 3.63) is 130 Å². The van der Waals surface area contributed by atoms with Gasteiger partial charge < -0.3 is 4.74 Å². The summed E-state index contributed by atoms with van der Waals surface area (Å²) < 4.78 is 5.98. The number of hydrogen-bond acceptors (Lipinski definition) is 2. The Balaban J connectivity index is 1.82. The van der Waals surface area contributed by atoms with Gasteiger partial charge in [-0.2, -0.15) is 0 Å². The number of rotatable bonds is 21. The van der Waals surface area contributed by atoms with Crippen LogP contribution in [0.5, 0.6) is 0 Å². The Bertz CT molecular complexity index is 1530. The minimum absolute atomic E-state index is 0.0240. The number of carbonyl (C=O) groups is 1. The summed E-state index contributed by atoms with van der Waals surface area (Å²) in [6.45, 7) is 24.6. The molecule has 0 bridgehead atoms. The summed E-state index contributed by atoms with van der Waals surface area (Å²) in [5, 5.41) is 0. The van der Waals surface area contributed by atoms with Gasteiger partial charge in [-0.3, -0.25) is 4.79 Å². The molecule has 2 aliphatic rings. The molecule has 1 atom stereocenters. The van der Waals surface area contributed by atoms with E-state index in [1.54, 1.807) is 0 Å². The van der Waals surface area contributed by atoms with Gasteiger partial charge in [0.25, 0.3) is 0 Å². The third-order valence-electron chi connectivity index (χ3n) is 11.1. The van der Waals surface area contributed by atoms with E-state index in [4.69, 9.17) is 4.74 Å². The highest BCUT2D eigenvalue weighted by molar-refractivity contribution is 5.69. The molecule has 0 radical (unpaired) electrons. The molecule has 0 saturated heterocycles. The molecule has 298 valence electrons. The van der Waals surface area contributed by atoms with E-state index >= 15 is 0 Å². The quantitative estimate of drug-likeness (QED) is 0.0667. The number of hydrogen-bond donors (Lipinski definition) is 0. The van der Waals surface area contributed by atoms with E-state index in [9.17, 15) is 4.79 Å². The fraction of sp³-hybridized carbons (Fsp3) is 0.558. The summed E-state index contributed by atoms with van der Waals surface area (Å²) in [5.41, 5.74) is 10.8. The van der Waals surface area contributed by atoms with E-state index < -0.39 is 0 Å². The van der Waals surface area contributed by atoms with E-state index in [0.717, 1.165) is 25.7 Å². The maximum absolute atomic E-state index is 12.6. The highest BCUT2D eigenvalue weighted by Gasteiger charge is 2.34. The predicted molar refractivity (Wildman–Crippen MR) is 238 cm³/mol. The number of carbonyl (C=O) groups excluding carboxylic acids is 1. The lowest BCUT2D eigenvalue weighted by atomic mass is 9.71. The van der Waals surface area contributed by atoms with E-state index in [1.807, 2.05) is 0 Å². The van der Waals surface area contributed by atoms with Crippen LogP contribution in [0.15, 0.2) is 130 Å². The summed E-state index contributed by atoms with van der Waals surface area (Å²) >= 11 is 0. The smallest absolute Gasteiger partial charge is 0.306 e. The maximum Gasteiger partial charge on any atom is 0.306 e. The topological polar surface area (TPSA) is 26.3 Å². The Morgan fingerprint density at radius 2 is 1.09 bits per heavy atom. The van der Waals surface area contributed by atoms with Gasteiger partial charge in [0.1, 0.15) is 6.10 Å². The van der Waals surface area contributed by atoms with Crippen LogP contribution in [-0.2, 0) is 9.53 Å². The van der Waals surface area contributed by atoms with Gasteiger partial charge in [0.05, 0.1) is 0 Å². The van der Waals surface area contributed by atoms with E-state index in [2.05, 4.69) is 161 Å². The van der Waals surface area contributed by atoms with Crippen molar-refractivity contribution in [2.75, 3.05) is 0 Å². The maximum atomic E-state index is 12.6. The Kier molecular flexibility index (Phi) is 21.6. The van der Waals surface area contributed by atoms with Crippen LogP contribution in [-0.4, -0.2) is 12.1 Å². The van der Waals surface area contributed by atoms with E-state index in [-0.39, 0.29) is 22.9 Å². The fourth-order valence-electron chi connectivity index (χ4n) is 7.84. The molecule has 0 spiro atoms. The second-order valence-corrected chi connectivity index (χ2v) is 17.5. The molecule has 0 aromatic heterocycles. The van der Waals surface area contributed by atoms with Crippen LogP contribution in [0.25, 0.3) is 0 Å². The molecule has 2 rings (SSSR count). The molecule has 0 fully saturated rings. The SMILES string of the molecule is CCCCCCCCCCCC(=O)OC1CC(C)=C(C=CC(C)=CC=CC(C)=CC=CC=C(C)C=CC=C(C)C=CC2=C(C)CCCC2(C)C)C(C)(C)C1. The highest BCUT2D eigenvalue weighted by atomic mass is 16.5. The molecule has 54 heavy (non-hydrogen) atoms. The Morgan fingerprint density at radius 3 is 1.59 bits per heavy atom. The molecule has 1 unspecified atom stereocenters. The van der Waals surface area contributed by atoms with Gasteiger partial charge in [0, 0.05) is 12.8 Å². The average molecular weight is 735 g/mol. The van der Waals surface area contributed by atoms with Crippen molar-refractivity contribution in [2.24, 2.45) is 10.8 Å². The van der Waals surface area contributed by atoms with E-state index in [1.165, 1.54) is 109 Å². The van der Waals surface area contributed by atoms with Gasteiger partial charge in [0.15, 0.2) is 0 Å². The largest absolute Gasteiger partial charge is 0.462 e. The highest BCUT2D eigenvalue weighted by Crippen LogP contribution is 2.43. The lowest BCUT2D eigenvalue weighted by molar-refractivity contribution is -0.150. The lowest BCUT2D eigenvalue weighted by Gasteiger charge is -2.37. The molecule has 2 aliphatic carbocycles. The zero-order valence-corrected chi connectivity index (χ0v) is 36.6. The second-order valence-electron chi connectivity index (χ2n) is 17.5. The van der Waals surface area contributed by atoms with Crippen molar-refractivity contribution in [1.82, 2.24) is 0 Å². The standard InChI is InChI=1S/C52H78O2/c1-12-13-14-15-16-17-18-19-20-33-50(53)54-47-39-46(7)49(52(10,11)40-47)37-35-44(5)31-24-29-42(3)27-22-21-26-41(2)28-23-30-43(4)34-36-48-45(6)32-25-38-51(48,8)9/h21-24,26-31,34-37,47H,12-20,25,32-33,38-40H2,1-11H3. The van der Waals surface area contributed by atoms with E-state index in [0.29, 0.717) is 6.42 Å². The number of unbranched alkanes of at least 4 members (excludes halogenated alkanes) is 8. The van der Waals surface area contributed by atoms with Gasteiger partial charge in [-0.15, -0.1) is 0 Å². The third kappa shape index (κ3) is 18.8. The monoisotopic (exact) mass is 735 g/mol. The molecular formula is C52H78O2. The van der Waals surface area contributed by atoms with Crippen molar-refractivity contribution < 1.29 is 9.53 Å². The van der Waals surface area contributed by atoms with Crippen molar-refractivity contribution >= 4 is 5.97 Å². The van der Waals surface area contributed by atoms with Crippen LogP contribution < -0.4 is 0 Å². The Morgan fingerprint density at radius 1 is 0.630 bits per heavy atom. The fourth-order valence-corrected chi connectivity index (χ4v) is 7.84. The molecule has 0 saturated carbocycles. The minimum atomic E-state index is -0.0395. The van der Waals surface area contributed by atoms with Crippen LogP contribution in [0.4, 0.5) is 0 Å². The van der Waals surface area contributed by atoms with Crippen LogP contribution in [0, 0.1) is 10.8 Å². The number of esters is 1. The van der Waals surface area contributed by atoms with Gasteiger partial charge >= 0.3 is 5.97 Å². The molecule has 0 amide bonds.